The van der Waals surface area contributed by atoms with Gasteiger partial charge in [0.15, 0.2) is 0 Å². The number of nitrogens with one attached hydrogen (secondary N) is 1. The smallest absolute Gasteiger partial charge is 0.308 e. The van der Waals surface area contributed by atoms with E-state index in [0.717, 1.165) is 12.8 Å². The van der Waals surface area contributed by atoms with Crippen LogP contribution >= 0.6 is 0 Å². The van der Waals surface area contributed by atoms with Gasteiger partial charge in [-0.1, -0.05) is 6.42 Å². The molecule has 0 spiro atoms. The number of carboxylic acid groups (broad SMARTS) is 1. The second-order valence-electron chi connectivity index (χ2n) is 4.58. The highest BCUT2D eigenvalue weighted by Crippen LogP contribution is 2.25. The van der Waals surface area contributed by atoms with Crippen LogP contribution in [-0.2, 0) is 14.6 Å². The van der Waals surface area contributed by atoms with Crippen molar-refractivity contribution < 1.29 is 18.3 Å². The van der Waals surface area contributed by atoms with Gasteiger partial charge in [-0.15, -0.1) is 0 Å². The van der Waals surface area contributed by atoms with Gasteiger partial charge in [0.25, 0.3) is 0 Å². The van der Waals surface area contributed by atoms with E-state index in [1.807, 2.05) is 0 Å². The van der Waals surface area contributed by atoms with Crippen molar-refractivity contribution in [2.75, 3.05) is 25.1 Å². The quantitative estimate of drug-likeness (QED) is 0.669. The zero-order valence-electron chi connectivity index (χ0n) is 9.48. The third-order valence-corrected chi connectivity index (χ3v) is 3.91. The Morgan fingerprint density at radius 3 is 2.50 bits per heavy atom. The number of sulfone groups is 1. The third-order valence-electron chi connectivity index (χ3n) is 2.90. The van der Waals surface area contributed by atoms with E-state index in [1.54, 1.807) is 0 Å². The molecule has 1 unspecified atom stereocenters. The van der Waals surface area contributed by atoms with Crippen molar-refractivity contribution in [3.63, 3.8) is 0 Å². The number of carboxylic acids is 1. The summed E-state index contributed by atoms with van der Waals surface area (Å²) >= 11 is 0. The van der Waals surface area contributed by atoms with Crippen molar-refractivity contribution in [1.29, 1.82) is 0 Å². The lowest BCUT2D eigenvalue weighted by atomic mass is 9.85. The zero-order valence-corrected chi connectivity index (χ0v) is 10.3. The molecule has 0 aromatic carbocycles. The van der Waals surface area contributed by atoms with Crippen molar-refractivity contribution in [2.45, 2.75) is 19.3 Å². The largest absolute Gasteiger partial charge is 0.481 e. The molecule has 0 amide bonds. The van der Waals surface area contributed by atoms with Crippen molar-refractivity contribution in [1.82, 2.24) is 5.32 Å². The van der Waals surface area contributed by atoms with Crippen LogP contribution in [0.2, 0.25) is 0 Å². The van der Waals surface area contributed by atoms with Gasteiger partial charge in [0.2, 0.25) is 0 Å². The van der Waals surface area contributed by atoms with E-state index in [0.29, 0.717) is 5.92 Å². The number of hydrogen-bond acceptors (Lipinski definition) is 4. The lowest BCUT2D eigenvalue weighted by Crippen LogP contribution is -2.36. The summed E-state index contributed by atoms with van der Waals surface area (Å²) in [5.74, 6) is -1.53. The second-order valence-corrected chi connectivity index (χ2v) is 6.77. The van der Waals surface area contributed by atoms with Gasteiger partial charge >= 0.3 is 5.97 Å². The summed E-state index contributed by atoms with van der Waals surface area (Å²) in [5, 5.41) is 11.9. The van der Waals surface area contributed by atoms with Gasteiger partial charge in [0.05, 0.1) is 11.7 Å². The molecule has 1 atom stereocenters. The average Bonchev–Trinajstić information content (AvgIpc) is 2.04. The third kappa shape index (κ3) is 4.94. The predicted octanol–water partition coefficient (Wildman–Crippen LogP) is 0.121. The molecule has 0 radical (unpaired) electrons. The molecule has 0 saturated heterocycles. The fraction of sp³-hybridized carbons (Fsp3) is 0.900. The van der Waals surface area contributed by atoms with Crippen LogP contribution in [0, 0.1) is 11.8 Å². The first-order chi connectivity index (χ1) is 7.38. The highest BCUT2D eigenvalue weighted by molar-refractivity contribution is 7.90. The van der Waals surface area contributed by atoms with Crippen molar-refractivity contribution in [3.05, 3.63) is 0 Å². The van der Waals surface area contributed by atoms with E-state index < -0.39 is 21.7 Å². The summed E-state index contributed by atoms with van der Waals surface area (Å²) in [6.07, 6.45) is 4.69. The molecular formula is C10H19NO4S. The summed E-state index contributed by atoms with van der Waals surface area (Å²) in [5.41, 5.74) is 0. The van der Waals surface area contributed by atoms with Gasteiger partial charge in [-0.25, -0.2) is 8.42 Å². The molecular weight excluding hydrogens is 230 g/mol. The molecule has 0 bridgehead atoms. The van der Waals surface area contributed by atoms with E-state index in [-0.39, 0.29) is 12.3 Å². The molecule has 16 heavy (non-hydrogen) atoms. The minimum absolute atomic E-state index is 0.235. The summed E-state index contributed by atoms with van der Waals surface area (Å²) < 4.78 is 22.0. The molecule has 0 heterocycles. The number of rotatable bonds is 7. The Morgan fingerprint density at radius 2 is 2.12 bits per heavy atom. The second kappa shape index (κ2) is 5.63. The SMILES string of the molecule is CS(=O)(=O)CC(CNCC1CCC1)C(=O)O. The van der Waals surface area contributed by atoms with E-state index in [9.17, 15) is 13.2 Å². The Balaban J connectivity index is 2.30. The van der Waals surface area contributed by atoms with E-state index in [2.05, 4.69) is 5.32 Å². The molecule has 0 aromatic heterocycles. The topological polar surface area (TPSA) is 83.5 Å². The lowest BCUT2D eigenvalue weighted by molar-refractivity contribution is -0.140. The normalized spacial score (nSPS) is 19.1. The Bertz CT molecular complexity index is 335. The van der Waals surface area contributed by atoms with Crippen LogP contribution in [0.25, 0.3) is 0 Å². The lowest BCUT2D eigenvalue weighted by Gasteiger charge is -2.26. The highest BCUT2D eigenvalue weighted by Gasteiger charge is 2.23. The highest BCUT2D eigenvalue weighted by atomic mass is 32.2. The number of aliphatic carboxylic acids is 1. The average molecular weight is 249 g/mol. The predicted molar refractivity (Wildman–Crippen MR) is 61.0 cm³/mol. The number of carbonyl (C=O) groups is 1. The fourth-order valence-electron chi connectivity index (χ4n) is 1.74. The van der Waals surface area contributed by atoms with Crippen LogP contribution in [0.5, 0.6) is 0 Å². The van der Waals surface area contributed by atoms with Crippen LogP contribution in [0.1, 0.15) is 19.3 Å². The Hall–Kier alpha value is -0.620. The van der Waals surface area contributed by atoms with Crippen LogP contribution in [0.15, 0.2) is 0 Å². The molecule has 2 N–H and O–H groups in total. The van der Waals surface area contributed by atoms with Crippen molar-refractivity contribution in [2.24, 2.45) is 11.8 Å². The van der Waals surface area contributed by atoms with Crippen LogP contribution in [-0.4, -0.2) is 44.6 Å². The first kappa shape index (κ1) is 13.4. The van der Waals surface area contributed by atoms with Crippen molar-refractivity contribution in [3.8, 4) is 0 Å². The molecule has 1 aliphatic carbocycles. The minimum atomic E-state index is -3.23. The standard InChI is InChI=1S/C10H19NO4S/c1-16(14,15)7-9(10(12)13)6-11-5-8-3-2-4-8/h8-9,11H,2-7H2,1H3,(H,12,13). The maximum atomic E-state index is 11.0. The monoisotopic (exact) mass is 249 g/mol. The molecule has 0 aromatic rings. The molecule has 5 nitrogen and oxygen atoms in total. The maximum Gasteiger partial charge on any atom is 0.308 e. The first-order valence-corrected chi connectivity index (χ1v) is 7.56. The molecule has 1 rings (SSSR count). The zero-order chi connectivity index (χ0) is 12.2. The van der Waals surface area contributed by atoms with Gasteiger partial charge in [-0.3, -0.25) is 4.79 Å². The number of hydrogen-bond donors (Lipinski definition) is 2. The summed E-state index contributed by atoms with van der Waals surface area (Å²) in [6, 6.07) is 0. The Labute approximate surface area is 96.1 Å². The van der Waals surface area contributed by atoms with Gasteiger partial charge in [-0.05, 0) is 25.3 Å². The van der Waals surface area contributed by atoms with Gasteiger partial charge < -0.3 is 10.4 Å². The maximum absolute atomic E-state index is 11.0. The molecule has 94 valence electrons. The first-order valence-electron chi connectivity index (χ1n) is 5.50. The van der Waals surface area contributed by atoms with E-state index >= 15 is 0 Å². The minimum Gasteiger partial charge on any atom is -0.481 e. The molecule has 1 saturated carbocycles. The molecule has 0 aliphatic heterocycles. The van der Waals surface area contributed by atoms with Crippen LogP contribution in [0.4, 0.5) is 0 Å². The Kier molecular flexibility index (Phi) is 4.73. The van der Waals surface area contributed by atoms with Crippen molar-refractivity contribution >= 4 is 15.8 Å². The van der Waals surface area contributed by atoms with Crippen LogP contribution < -0.4 is 5.32 Å². The summed E-state index contributed by atoms with van der Waals surface area (Å²) in [4.78, 5) is 10.8. The molecule has 6 heteroatoms. The van der Waals surface area contributed by atoms with E-state index in [4.69, 9.17) is 5.11 Å². The molecule has 1 aliphatic rings. The van der Waals surface area contributed by atoms with E-state index in [1.165, 1.54) is 19.3 Å². The van der Waals surface area contributed by atoms with Gasteiger partial charge in [-0.2, -0.15) is 0 Å². The summed E-state index contributed by atoms with van der Waals surface area (Å²) in [6.45, 7) is 1.03. The fourth-order valence-corrected chi connectivity index (χ4v) is 2.73. The summed E-state index contributed by atoms with van der Waals surface area (Å²) in [7, 11) is -3.23. The van der Waals surface area contributed by atoms with Crippen LogP contribution in [0.3, 0.4) is 0 Å². The Morgan fingerprint density at radius 1 is 1.50 bits per heavy atom. The van der Waals surface area contributed by atoms with Gasteiger partial charge in [0, 0.05) is 12.8 Å². The molecule has 1 fully saturated rings. The van der Waals surface area contributed by atoms with Gasteiger partial charge in [0.1, 0.15) is 9.84 Å².